The van der Waals surface area contributed by atoms with Crippen molar-refractivity contribution in [2.75, 3.05) is 7.05 Å². The maximum Gasteiger partial charge on any atom is 0.242 e. The number of carbonyl (C=O) groups excluding carboxylic acids is 1. The molecule has 0 atom stereocenters. The van der Waals surface area contributed by atoms with Crippen LogP contribution in [0, 0.1) is 0 Å². The van der Waals surface area contributed by atoms with E-state index in [0.29, 0.717) is 12.4 Å². The van der Waals surface area contributed by atoms with Crippen LogP contribution in [0.15, 0.2) is 6.33 Å². The molecule has 1 amide bonds. The molecule has 14 heavy (non-hydrogen) atoms. The Bertz CT molecular complexity index is 300. The molecule has 1 rings (SSSR count). The molecule has 1 aromatic rings. The van der Waals surface area contributed by atoms with Crippen molar-refractivity contribution in [2.24, 2.45) is 5.73 Å². The predicted molar refractivity (Wildman–Crippen MR) is 51.1 cm³/mol. The van der Waals surface area contributed by atoms with E-state index in [1.807, 2.05) is 0 Å². The predicted octanol–water partition coefficient (Wildman–Crippen LogP) is -0.500. The fourth-order valence-corrected chi connectivity index (χ4v) is 1.10. The molecular formula is C8H15N5O. The van der Waals surface area contributed by atoms with Gasteiger partial charge in [-0.2, -0.15) is 5.10 Å². The Labute approximate surface area is 82.5 Å². The Morgan fingerprint density at radius 1 is 1.71 bits per heavy atom. The van der Waals surface area contributed by atoms with Crippen molar-refractivity contribution in [3.05, 3.63) is 12.2 Å². The lowest BCUT2D eigenvalue weighted by Gasteiger charge is -2.24. The Morgan fingerprint density at radius 3 is 2.79 bits per heavy atom. The Kier molecular flexibility index (Phi) is 2.85. The van der Waals surface area contributed by atoms with Crippen molar-refractivity contribution in [1.29, 1.82) is 0 Å². The Hall–Kier alpha value is -1.43. The van der Waals surface area contributed by atoms with E-state index in [-0.39, 0.29) is 5.91 Å². The highest BCUT2D eigenvalue weighted by Crippen LogP contribution is 2.04. The SMILES string of the molecule is CN(Cc1ncn[nH]1)C(=O)C(C)(C)N. The summed E-state index contributed by atoms with van der Waals surface area (Å²) in [5.74, 6) is 0.513. The van der Waals surface area contributed by atoms with Crippen LogP contribution in [-0.4, -0.2) is 38.6 Å². The summed E-state index contributed by atoms with van der Waals surface area (Å²) < 4.78 is 0. The first kappa shape index (κ1) is 10.6. The average molecular weight is 197 g/mol. The zero-order valence-electron chi connectivity index (χ0n) is 8.61. The highest BCUT2D eigenvalue weighted by Gasteiger charge is 2.25. The van der Waals surface area contributed by atoms with Crippen LogP contribution in [0.25, 0.3) is 0 Å². The molecule has 0 fully saturated rings. The molecule has 6 nitrogen and oxygen atoms in total. The number of aromatic nitrogens is 3. The van der Waals surface area contributed by atoms with Crippen molar-refractivity contribution in [3.63, 3.8) is 0 Å². The number of hydrogen-bond donors (Lipinski definition) is 2. The van der Waals surface area contributed by atoms with E-state index in [1.165, 1.54) is 11.2 Å². The van der Waals surface area contributed by atoms with Crippen LogP contribution in [-0.2, 0) is 11.3 Å². The van der Waals surface area contributed by atoms with Gasteiger partial charge in [-0.25, -0.2) is 4.98 Å². The normalized spacial score (nSPS) is 11.4. The monoisotopic (exact) mass is 197 g/mol. The summed E-state index contributed by atoms with van der Waals surface area (Å²) in [5, 5.41) is 6.37. The number of carbonyl (C=O) groups is 1. The van der Waals surface area contributed by atoms with Crippen LogP contribution >= 0.6 is 0 Å². The summed E-state index contributed by atoms with van der Waals surface area (Å²) in [4.78, 5) is 17.1. The Morgan fingerprint density at radius 2 is 2.36 bits per heavy atom. The third kappa shape index (κ3) is 2.53. The van der Waals surface area contributed by atoms with Crippen molar-refractivity contribution in [2.45, 2.75) is 25.9 Å². The van der Waals surface area contributed by atoms with Gasteiger partial charge in [0, 0.05) is 7.05 Å². The van der Waals surface area contributed by atoms with E-state index in [0.717, 1.165) is 0 Å². The van der Waals surface area contributed by atoms with E-state index >= 15 is 0 Å². The number of nitrogens with two attached hydrogens (primary N) is 1. The first-order chi connectivity index (χ1) is 6.41. The summed E-state index contributed by atoms with van der Waals surface area (Å²) in [6, 6.07) is 0. The average Bonchev–Trinajstić information content (AvgIpc) is 2.53. The fraction of sp³-hybridized carbons (Fsp3) is 0.625. The number of hydrogen-bond acceptors (Lipinski definition) is 4. The second-order valence-corrected chi connectivity index (χ2v) is 3.82. The highest BCUT2D eigenvalue weighted by atomic mass is 16.2. The smallest absolute Gasteiger partial charge is 0.242 e. The number of likely N-dealkylation sites (N-methyl/N-ethyl adjacent to an activating group) is 1. The lowest BCUT2D eigenvalue weighted by molar-refractivity contribution is -0.135. The van der Waals surface area contributed by atoms with Crippen LogP contribution in [0.1, 0.15) is 19.7 Å². The first-order valence-corrected chi connectivity index (χ1v) is 4.30. The van der Waals surface area contributed by atoms with E-state index in [4.69, 9.17) is 5.73 Å². The molecule has 78 valence electrons. The van der Waals surface area contributed by atoms with Gasteiger partial charge < -0.3 is 10.6 Å². The maximum absolute atomic E-state index is 11.6. The molecule has 0 radical (unpaired) electrons. The van der Waals surface area contributed by atoms with Crippen molar-refractivity contribution in [1.82, 2.24) is 20.1 Å². The van der Waals surface area contributed by atoms with Gasteiger partial charge in [0.1, 0.15) is 12.2 Å². The molecule has 1 heterocycles. The molecule has 6 heteroatoms. The molecule has 0 saturated heterocycles. The summed E-state index contributed by atoms with van der Waals surface area (Å²) in [7, 11) is 1.68. The highest BCUT2D eigenvalue weighted by molar-refractivity contribution is 5.84. The van der Waals surface area contributed by atoms with Crippen LogP contribution in [0.4, 0.5) is 0 Å². The largest absolute Gasteiger partial charge is 0.337 e. The first-order valence-electron chi connectivity index (χ1n) is 4.30. The number of amides is 1. The lowest BCUT2D eigenvalue weighted by Crippen LogP contribution is -2.49. The number of aromatic amines is 1. The maximum atomic E-state index is 11.6. The third-order valence-corrected chi connectivity index (χ3v) is 1.75. The van der Waals surface area contributed by atoms with E-state index in [2.05, 4.69) is 15.2 Å². The summed E-state index contributed by atoms with van der Waals surface area (Å²) >= 11 is 0. The van der Waals surface area contributed by atoms with Gasteiger partial charge >= 0.3 is 0 Å². The molecular weight excluding hydrogens is 182 g/mol. The van der Waals surface area contributed by atoms with Gasteiger partial charge in [0.15, 0.2) is 0 Å². The molecule has 1 aromatic heterocycles. The molecule has 0 aliphatic carbocycles. The van der Waals surface area contributed by atoms with Crippen LogP contribution in [0.5, 0.6) is 0 Å². The second-order valence-electron chi connectivity index (χ2n) is 3.82. The number of nitrogens with zero attached hydrogens (tertiary/aromatic N) is 3. The molecule has 0 saturated carbocycles. The standard InChI is InChI=1S/C8H15N5O/c1-8(2,9)7(14)13(3)4-6-10-5-11-12-6/h5H,4,9H2,1-3H3,(H,10,11,12). The van der Waals surface area contributed by atoms with Gasteiger partial charge in [-0.05, 0) is 13.8 Å². The lowest BCUT2D eigenvalue weighted by atomic mass is 10.1. The number of H-pyrrole nitrogens is 1. The van der Waals surface area contributed by atoms with Crippen molar-refractivity contribution in [3.8, 4) is 0 Å². The molecule has 3 N–H and O–H groups in total. The number of rotatable bonds is 3. The van der Waals surface area contributed by atoms with Gasteiger partial charge in [0.05, 0.1) is 12.1 Å². The van der Waals surface area contributed by atoms with Gasteiger partial charge in [-0.1, -0.05) is 0 Å². The van der Waals surface area contributed by atoms with Gasteiger partial charge in [0.2, 0.25) is 5.91 Å². The fourth-order valence-electron chi connectivity index (χ4n) is 1.10. The minimum atomic E-state index is -0.852. The molecule has 0 aliphatic heterocycles. The molecule has 0 aromatic carbocycles. The molecule has 0 spiro atoms. The van der Waals surface area contributed by atoms with Gasteiger partial charge in [-0.3, -0.25) is 9.89 Å². The van der Waals surface area contributed by atoms with Crippen LogP contribution in [0.3, 0.4) is 0 Å². The topological polar surface area (TPSA) is 87.9 Å². The summed E-state index contributed by atoms with van der Waals surface area (Å²) in [6.45, 7) is 3.73. The summed E-state index contributed by atoms with van der Waals surface area (Å²) in [6.07, 6.45) is 1.40. The van der Waals surface area contributed by atoms with Gasteiger partial charge in [-0.15, -0.1) is 0 Å². The van der Waals surface area contributed by atoms with E-state index < -0.39 is 5.54 Å². The van der Waals surface area contributed by atoms with Crippen molar-refractivity contribution < 1.29 is 4.79 Å². The quantitative estimate of drug-likeness (QED) is 0.683. The minimum absolute atomic E-state index is 0.131. The number of nitrogens with one attached hydrogen (secondary N) is 1. The molecule has 0 bridgehead atoms. The van der Waals surface area contributed by atoms with Crippen molar-refractivity contribution >= 4 is 5.91 Å². The van der Waals surface area contributed by atoms with Crippen LogP contribution in [0.2, 0.25) is 0 Å². The van der Waals surface area contributed by atoms with E-state index in [9.17, 15) is 4.79 Å². The van der Waals surface area contributed by atoms with E-state index in [1.54, 1.807) is 20.9 Å². The molecule has 0 aliphatic rings. The summed E-state index contributed by atoms with van der Waals surface area (Å²) in [5.41, 5.74) is 4.82. The van der Waals surface area contributed by atoms with Crippen LogP contribution < -0.4 is 5.73 Å². The zero-order valence-corrected chi connectivity index (χ0v) is 8.61. The van der Waals surface area contributed by atoms with Gasteiger partial charge in [0.25, 0.3) is 0 Å². The third-order valence-electron chi connectivity index (χ3n) is 1.75. The zero-order chi connectivity index (χ0) is 10.8. The molecule has 0 unspecified atom stereocenters. The Balaban J connectivity index is 2.59. The minimum Gasteiger partial charge on any atom is -0.337 e. The second kappa shape index (κ2) is 3.75.